The zero-order valence-electron chi connectivity index (χ0n) is 19.4. The number of carbonyl (C=O) groups is 3. The van der Waals surface area contributed by atoms with Gasteiger partial charge in [0.05, 0.1) is 39.0 Å². The Morgan fingerprint density at radius 1 is 0.633 bits per heavy atom. The average molecular weight is 435 g/mol. The summed E-state index contributed by atoms with van der Waals surface area (Å²) in [5, 5.41) is 33.8. The molecule has 0 bridgehead atoms. The van der Waals surface area contributed by atoms with Crippen molar-refractivity contribution < 1.29 is 39.3 Å². The summed E-state index contributed by atoms with van der Waals surface area (Å²) in [4.78, 5) is 30.5. The Hall–Kier alpha value is -1.67. The van der Waals surface area contributed by atoms with Gasteiger partial charge in [-0.3, -0.25) is 9.59 Å². The van der Waals surface area contributed by atoms with Gasteiger partial charge in [0, 0.05) is 0 Å². The van der Waals surface area contributed by atoms with Crippen molar-refractivity contribution in [2.24, 2.45) is 0 Å². The maximum Gasteiger partial charge on any atom is 0.336 e. The lowest BCUT2D eigenvalue weighted by molar-refractivity contribution is -0.929. The van der Waals surface area contributed by atoms with Gasteiger partial charge in [-0.15, -0.1) is 0 Å². The molecular weight excluding hydrogens is 390 g/mol. The second-order valence-corrected chi connectivity index (χ2v) is 8.13. The van der Waals surface area contributed by atoms with Crippen molar-refractivity contribution in [3.63, 3.8) is 0 Å². The molecule has 0 aliphatic carbocycles. The summed E-state index contributed by atoms with van der Waals surface area (Å²) >= 11 is 0. The van der Waals surface area contributed by atoms with E-state index in [0.29, 0.717) is 0 Å². The molecule has 0 fully saturated rings. The van der Waals surface area contributed by atoms with Gasteiger partial charge in [0.1, 0.15) is 0 Å². The van der Waals surface area contributed by atoms with Crippen LogP contribution in [-0.4, -0.2) is 74.6 Å². The van der Waals surface area contributed by atoms with Gasteiger partial charge in [-0.05, 0) is 25.7 Å². The van der Waals surface area contributed by atoms with Crippen LogP contribution in [0.25, 0.3) is 0 Å². The first-order valence-electron chi connectivity index (χ1n) is 11.3. The molecule has 0 radical (unpaired) electrons. The van der Waals surface area contributed by atoms with E-state index < -0.39 is 36.4 Å². The van der Waals surface area contributed by atoms with Crippen molar-refractivity contribution in [3.8, 4) is 0 Å². The summed E-state index contributed by atoms with van der Waals surface area (Å²) in [5.41, 5.74) is -2.74. The maximum absolute atomic E-state index is 10.3. The lowest BCUT2D eigenvalue weighted by Crippen LogP contribution is -2.50. The largest absolute Gasteiger partial charge is 0.481 e. The van der Waals surface area contributed by atoms with Gasteiger partial charge in [0.15, 0.2) is 5.60 Å². The Morgan fingerprint density at radius 2 is 0.900 bits per heavy atom. The minimum atomic E-state index is -2.74. The summed E-state index contributed by atoms with van der Waals surface area (Å²) in [5.74, 6) is -5.02. The SMILES string of the molecule is CCCC[N+](CCCC)(CCCC)CCCC.O=C(O)CC(O)(CC(=O)O)C(=O)O. The number of quaternary nitrogens is 1. The lowest BCUT2D eigenvalue weighted by Gasteiger charge is -2.39. The van der Waals surface area contributed by atoms with Crippen LogP contribution >= 0.6 is 0 Å². The fraction of sp³-hybridized carbons (Fsp3) is 0.864. The minimum Gasteiger partial charge on any atom is -0.481 e. The molecule has 0 atom stereocenters. The summed E-state index contributed by atoms with van der Waals surface area (Å²) in [6.45, 7) is 15.0. The monoisotopic (exact) mass is 434 g/mol. The van der Waals surface area contributed by atoms with Crippen LogP contribution in [0, 0.1) is 0 Å². The molecule has 0 amide bonds. The third-order valence-electron chi connectivity index (χ3n) is 5.23. The summed E-state index contributed by atoms with van der Waals surface area (Å²) < 4.78 is 1.42. The van der Waals surface area contributed by atoms with Crippen LogP contribution in [0.1, 0.15) is 91.9 Å². The maximum atomic E-state index is 10.3. The smallest absolute Gasteiger partial charge is 0.336 e. The minimum absolute atomic E-state index is 1.14. The number of carboxylic acids is 3. The molecule has 0 heterocycles. The van der Waals surface area contributed by atoms with Crippen molar-refractivity contribution in [1.29, 1.82) is 0 Å². The first kappa shape index (κ1) is 30.5. The van der Waals surface area contributed by atoms with E-state index in [4.69, 9.17) is 20.4 Å². The Kier molecular flexibility index (Phi) is 17.4. The van der Waals surface area contributed by atoms with Gasteiger partial charge < -0.3 is 24.9 Å². The lowest BCUT2D eigenvalue weighted by atomic mass is 9.96. The topological polar surface area (TPSA) is 132 Å². The molecule has 0 aliphatic rings. The van der Waals surface area contributed by atoms with Crippen LogP contribution in [0.15, 0.2) is 0 Å². The molecular formula is C22H44NO7+. The number of nitrogens with zero attached hydrogens (tertiary/aromatic N) is 1. The highest BCUT2D eigenvalue weighted by Crippen LogP contribution is 2.17. The van der Waals surface area contributed by atoms with E-state index in [9.17, 15) is 14.4 Å². The van der Waals surface area contributed by atoms with Crippen LogP contribution in [-0.2, 0) is 14.4 Å². The number of rotatable bonds is 17. The normalized spacial score (nSPS) is 11.5. The Morgan fingerprint density at radius 3 is 1.07 bits per heavy atom. The highest BCUT2D eigenvalue weighted by molar-refractivity contribution is 5.88. The number of hydrogen-bond donors (Lipinski definition) is 4. The van der Waals surface area contributed by atoms with Crippen LogP contribution < -0.4 is 0 Å². The molecule has 30 heavy (non-hydrogen) atoms. The third kappa shape index (κ3) is 14.3. The second-order valence-electron chi connectivity index (χ2n) is 8.13. The van der Waals surface area contributed by atoms with Gasteiger partial charge >= 0.3 is 17.9 Å². The van der Waals surface area contributed by atoms with Gasteiger partial charge in [-0.2, -0.15) is 0 Å². The zero-order valence-corrected chi connectivity index (χ0v) is 19.4. The predicted octanol–water partition coefficient (Wildman–Crippen LogP) is 3.76. The first-order valence-corrected chi connectivity index (χ1v) is 11.3. The molecule has 0 saturated carbocycles. The van der Waals surface area contributed by atoms with Crippen molar-refractivity contribution in [2.75, 3.05) is 26.2 Å². The van der Waals surface area contributed by atoms with Crippen molar-refractivity contribution in [1.82, 2.24) is 0 Å². The molecule has 0 rings (SSSR count). The van der Waals surface area contributed by atoms with Gasteiger partial charge in [-0.25, -0.2) is 4.79 Å². The number of hydrogen-bond acceptors (Lipinski definition) is 4. The van der Waals surface area contributed by atoms with Crippen molar-refractivity contribution in [2.45, 2.75) is 97.5 Å². The standard InChI is InChI=1S/C16H36N.C6H8O7/c1-5-9-13-17(14-10-6-2,15-11-7-3)16-12-8-4;7-3(8)1-6(13,5(11)12)2-4(9)10/h5-16H2,1-4H3;13H,1-2H2,(H,7,8)(H,9,10)(H,11,12)/q+1;. The average Bonchev–Trinajstić information content (AvgIpc) is 2.66. The van der Waals surface area contributed by atoms with Gasteiger partial charge in [0.25, 0.3) is 0 Å². The highest BCUT2D eigenvalue weighted by Gasteiger charge is 2.40. The summed E-state index contributed by atoms with van der Waals surface area (Å²) in [6.07, 6.45) is 8.77. The van der Waals surface area contributed by atoms with Crippen LogP contribution in [0.3, 0.4) is 0 Å². The number of aliphatic carboxylic acids is 3. The van der Waals surface area contributed by atoms with E-state index in [1.54, 1.807) is 0 Å². The quantitative estimate of drug-likeness (QED) is 0.256. The van der Waals surface area contributed by atoms with E-state index in [-0.39, 0.29) is 0 Å². The fourth-order valence-corrected chi connectivity index (χ4v) is 3.36. The Labute approximate surface area is 181 Å². The van der Waals surface area contributed by atoms with Gasteiger partial charge in [-0.1, -0.05) is 53.4 Å². The first-order chi connectivity index (χ1) is 14.0. The molecule has 0 aliphatic heterocycles. The number of aliphatic hydroxyl groups is 1. The fourth-order valence-electron chi connectivity index (χ4n) is 3.36. The molecule has 8 heteroatoms. The number of unbranched alkanes of at least 4 members (excludes halogenated alkanes) is 4. The molecule has 4 N–H and O–H groups in total. The third-order valence-corrected chi connectivity index (χ3v) is 5.23. The Bertz CT molecular complexity index is 440. The second kappa shape index (κ2) is 17.1. The van der Waals surface area contributed by atoms with Crippen LogP contribution in [0.2, 0.25) is 0 Å². The van der Waals surface area contributed by atoms with E-state index in [2.05, 4.69) is 27.7 Å². The highest BCUT2D eigenvalue weighted by atomic mass is 16.4. The zero-order chi connectivity index (χ0) is 23.6. The van der Waals surface area contributed by atoms with E-state index in [0.717, 1.165) is 0 Å². The molecule has 8 nitrogen and oxygen atoms in total. The Balaban J connectivity index is 0. The molecule has 178 valence electrons. The summed E-state index contributed by atoms with van der Waals surface area (Å²) in [7, 11) is 0. The van der Waals surface area contributed by atoms with E-state index in [1.165, 1.54) is 82.0 Å². The molecule has 0 aromatic carbocycles. The van der Waals surface area contributed by atoms with Gasteiger partial charge in [0.2, 0.25) is 0 Å². The van der Waals surface area contributed by atoms with Crippen molar-refractivity contribution >= 4 is 17.9 Å². The molecule has 0 saturated heterocycles. The molecule has 0 aromatic rings. The van der Waals surface area contributed by atoms with E-state index >= 15 is 0 Å². The van der Waals surface area contributed by atoms with Crippen molar-refractivity contribution in [3.05, 3.63) is 0 Å². The predicted molar refractivity (Wildman–Crippen MR) is 116 cm³/mol. The number of carboxylic acid groups (broad SMARTS) is 3. The summed E-state index contributed by atoms with van der Waals surface area (Å²) in [6, 6.07) is 0. The van der Waals surface area contributed by atoms with Crippen LogP contribution in [0.5, 0.6) is 0 Å². The van der Waals surface area contributed by atoms with E-state index in [1.807, 2.05) is 0 Å². The molecule has 0 spiro atoms. The molecule has 0 unspecified atom stereocenters. The van der Waals surface area contributed by atoms with Crippen LogP contribution in [0.4, 0.5) is 0 Å². The molecule has 0 aromatic heterocycles.